The summed E-state index contributed by atoms with van der Waals surface area (Å²) in [5.74, 6) is 1.99. The Morgan fingerprint density at radius 1 is 0.418 bits per heavy atom. The van der Waals surface area contributed by atoms with Crippen LogP contribution in [0.15, 0.2) is 231 Å². The minimum atomic E-state index is -3.71. The van der Waals surface area contributed by atoms with Crippen molar-refractivity contribution in [3.05, 3.63) is 249 Å². The van der Waals surface area contributed by atoms with Gasteiger partial charge >= 0.3 is 18.2 Å². The van der Waals surface area contributed by atoms with E-state index in [1.165, 1.54) is 15.5 Å². The number of amides is 6. The maximum absolute atomic E-state index is 12.8. The highest BCUT2D eigenvalue weighted by atomic mass is 79.9. The zero-order valence-electron chi connectivity index (χ0n) is 74.9. The number of benzene rings is 1. The van der Waals surface area contributed by atoms with Gasteiger partial charge in [-0.2, -0.15) is 47.9 Å². The van der Waals surface area contributed by atoms with Gasteiger partial charge in [0.25, 0.3) is 15.2 Å². The van der Waals surface area contributed by atoms with Crippen LogP contribution in [0.2, 0.25) is 0 Å². The number of carbonyl (C=O) groups excluding carboxylic acids is 3. The van der Waals surface area contributed by atoms with Gasteiger partial charge < -0.3 is 58.9 Å². The van der Waals surface area contributed by atoms with Gasteiger partial charge in [-0.1, -0.05) is 62.0 Å². The molecule has 0 spiro atoms. The molecule has 0 aliphatic carbocycles. The monoisotopic (exact) mass is 2170 g/mol. The summed E-state index contributed by atoms with van der Waals surface area (Å²) in [5, 5.41) is 46.3. The summed E-state index contributed by atoms with van der Waals surface area (Å²) in [5.41, 5.74) is 51.4. The number of aromatic nitrogens is 22. The zero-order valence-corrected chi connectivity index (χ0v) is 82.0. The summed E-state index contributed by atoms with van der Waals surface area (Å²) in [6.07, 6.45) is 30.0. The van der Waals surface area contributed by atoms with E-state index < -0.39 is 28.2 Å². The van der Waals surface area contributed by atoms with Gasteiger partial charge in [-0.05, 0) is 176 Å². The summed E-state index contributed by atoms with van der Waals surface area (Å²) in [6.45, 7) is 3.58. The molecule has 1 unspecified atom stereocenters. The average Bonchev–Trinajstić information content (AvgIpc) is 1.65. The van der Waals surface area contributed by atoms with Gasteiger partial charge in [-0.3, -0.25) is 39.7 Å². The Bertz CT molecular complexity index is 7480. The third-order valence-corrected chi connectivity index (χ3v) is 30.1. The second-order valence-electron chi connectivity index (χ2n) is 33.4. The molecule has 0 saturated carbocycles. The lowest BCUT2D eigenvalue weighted by Gasteiger charge is -2.33. The van der Waals surface area contributed by atoms with Gasteiger partial charge in [0.05, 0.1) is 94.8 Å². The molecule has 46 heteroatoms. The van der Waals surface area contributed by atoms with Gasteiger partial charge in [-0.25, -0.2) is 58.1 Å². The summed E-state index contributed by atoms with van der Waals surface area (Å²) < 4.78 is 36.3. The number of nitrogens with zero attached hydrogens (tertiary/aromatic N) is 25. The Kier molecular flexibility index (Phi) is 29.8. The Hall–Kier alpha value is -14.7. The standard InChI is InChI=1S/C24H25BrN8O2.C24H24BrN7O.C23H21BrN10O2S.C23H21BrN8O3.CH4/c25-20-21(14-5-8-32(9-6-14)24(35)18(26)13-34)31-23-17(12-30-33(23)22(20)27)15-3-4-19(29-11-15)16-2-1-7-28-10-16;1-27-24(33)31-11-9-16(10-12-31)21-20(25)22(26)32-23(30-21)18(14-29-32)17-7-8-19(28-13-17)15-5-3-2-4-6-15;24-19-20(14-5-8-33(9-6-14)37(35,36)23-28-13-29-32-23)31-22-17(12-30-34(22)21(19)25)15-3-4-18(27-11-15)16-2-1-7-26-10-16;24-18-19(13-5-8-31(9-6-13)22(33)30-23(34)35)29-21-16(12-28-32(21)20(18)25)14-3-4-17(27-11-14)15-2-1-7-26-10-15;/h1-4,7,10-12,14,18,34H,5-6,8-9,13,26-27H2;2-8,13-14,16H,9-12,26H2,1H3,(H,27,33);1-4,7,10-14H,5-6,8-9,25H2,(H,28,29,32);1-4,7,10-13H,5-6,8-9,25H2,(H,30,33)(H,34,35);1H4. The predicted molar refractivity (Wildman–Crippen MR) is 544 cm³/mol. The highest BCUT2D eigenvalue weighted by Gasteiger charge is 2.37. The van der Waals surface area contributed by atoms with Crippen LogP contribution in [-0.2, 0) is 14.8 Å². The largest absolute Gasteiger partial charge is 0.465 e. The van der Waals surface area contributed by atoms with Gasteiger partial charge in [0.15, 0.2) is 22.6 Å². The molecule has 4 saturated heterocycles. The van der Waals surface area contributed by atoms with E-state index in [2.05, 4.69) is 140 Å². The van der Waals surface area contributed by atoms with Crippen LogP contribution < -0.4 is 39.3 Å². The lowest BCUT2D eigenvalue weighted by atomic mass is 9.92. The number of nitrogens with two attached hydrogens (primary N) is 5. The number of sulfonamides is 1. The number of halogens is 4. The number of carboxylic acid groups (broad SMARTS) is 1. The number of rotatable bonds is 16. The fraction of sp³-hybridized carbons (Fsp3) is 0.253. The highest BCUT2D eigenvalue weighted by molar-refractivity contribution is 9.11. The van der Waals surface area contributed by atoms with Crippen molar-refractivity contribution in [1.82, 2.24) is 138 Å². The predicted octanol–water partition coefficient (Wildman–Crippen LogP) is 13.8. The fourth-order valence-electron chi connectivity index (χ4n) is 17.5. The molecule has 4 aliphatic rings. The van der Waals surface area contributed by atoms with E-state index in [-0.39, 0.29) is 54.8 Å². The quantitative estimate of drug-likeness (QED) is 0.0429. The first-order valence-corrected chi connectivity index (χ1v) is 49.2. The minimum Gasteiger partial charge on any atom is -0.465 e. The van der Waals surface area contributed by atoms with E-state index in [0.717, 1.165) is 142 Å². The van der Waals surface area contributed by atoms with Crippen molar-refractivity contribution in [2.75, 3.05) is 88.9 Å². The Balaban J connectivity index is 0.000000129. The molecule has 722 valence electrons. The molecule has 4 aliphatic heterocycles. The summed E-state index contributed by atoms with van der Waals surface area (Å²) >= 11 is 14.4. The lowest BCUT2D eigenvalue weighted by molar-refractivity contribution is -0.134. The summed E-state index contributed by atoms with van der Waals surface area (Å²) in [4.78, 5) is 107. The third kappa shape index (κ3) is 20.6. The molecule has 21 rings (SSSR count). The van der Waals surface area contributed by atoms with E-state index in [1.807, 2.05) is 132 Å². The van der Waals surface area contributed by atoms with Crippen LogP contribution in [0, 0.1) is 0 Å². The number of carbonyl (C=O) groups is 4. The number of likely N-dealkylation sites (tertiary alicyclic amines) is 3. The normalized spacial score (nSPS) is 14.8. The van der Waals surface area contributed by atoms with Crippen LogP contribution in [0.25, 0.3) is 112 Å². The van der Waals surface area contributed by atoms with Crippen LogP contribution in [0.5, 0.6) is 0 Å². The van der Waals surface area contributed by atoms with Gasteiger partial charge in [0.1, 0.15) is 35.6 Å². The van der Waals surface area contributed by atoms with Crippen LogP contribution >= 0.6 is 63.7 Å². The number of H-pyrrole nitrogens is 1. The molecule has 6 amide bonds. The molecular formula is C95H95Br4N33O8S. The smallest absolute Gasteiger partial charge is 0.412 e. The molecule has 1 aromatic carbocycles. The van der Waals surface area contributed by atoms with Gasteiger partial charge in [0.2, 0.25) is 5.91 Å². The second-order valence-corrected chi connectivity index (χ2v) is 38.5. The zero-order chi connectivity index (χ0) is 97.6. The molecule has 41 nitrogen and oxygen atoms in total. The molecule has 20 heterocycles. The van der Waals surface area contributed by atoms with Crippen molar-refractivity contribution in [2.24, 2.45) is 5.73 Å². The first-order chi connectivity index (χ1) is 67.9. The van der Waals surface area contributed by atoms with Crippen molar-refractivity contribution >= 4 is 144 Å². The number of aromatic amines is 1. The number of aliphatic hydroxyl groups excluding tert-OH is 1. The summed E-state index contributed by atoms with van der Waals surface area (Å²) in [6, 6.07) is 35.8. The molecule has 17 aromatic rings. The van der Waals surface area contributed by atoms with Crippen molar-refractivity contribution < 1.29 is 37.8 Å². The topological polar surface area (TPSA) is 563 Å². The molecule has 1 atom stereocenters. The van der Waals surface area contributed by atoms with Crippen molar-refractivity contribution in [1.29, 1.82) is 0 Å². The molecular weight excluding hydrogens is 2080 g/mol. The van der Waals surface area contributed by atoms with Crippen LogP contribution in [0.1, 0.15) is 105 Å². The van der Waals surface area contributed by atoms with Crippen molar-refractivity contribution in [2.45, 2.75) is 93.7 Å². The number of fused-ring (bicyclic) bond motifs is 4. The number of nitrogens with one attached hydrogen (secondary N) is 3. The van der Waals surface area contributed by atoms with Crippen LogP contribution in [0.3, 0.4) is 0 Å². The van der Waals surface area contributed by atoms with E-state index in [0.29, 0.717) is 137 Å². The summed E-state index contributed by atoms with van der Waals surface area (Å²) in [7, 11) is -2.06. The maximum atomic E-state index is 12.8. The first-order valence-electron chi connectivity index (χ1n) is 44.6. The molecule has 16 aromatic heterocycles. The van der Waals surface area contributed by atoms with Gasteiger partial charge in [-0.15, -0.1) is 0 Å². The van der Waals surface area contributed by atoms with Crippen LogP contribution in [-0.4, -0.2) is 242 Å². The van der Waals surface area contributed by atoms with Crippen molar-refractivity contribution in [3.8, 4) is 89.5 Å². The number of hydrogen-bond donors (Lipinski definition) is 10. The molecule has 4 fully saturated rings. The Labute approximate surface area is 840 Å². The fourth-order valence-corrected chi connectivity index (χ4v) is 21.1. The number of imide groups is 1. The Morgan fingerprint density at radius 3 is 1.03 bits per heavy atom. The number of urea groups is 2. The highest BCUT2D eigenvalue weighted by Crippen LogP contribution is 2.44. The van der Waals surface area contributed by atoms with E-state index in [9.17, 15) is 32.7 Å². The van der Waals surface area contributed by atoms with Crippen LogP contribution in [0.4, 0.5) is 37.7 Å². The minimum absolute atomic E-state index is 0. The van der Waals surface area contributed by atoms with E-state index in [1.54, 1.807) is 111 Å². The first kappa shape index (κ1) is 97.9. The average molecular weight is 2180 g/mol. The molecule has 0 radical (unpaired) electrons. The second kappa shape index (κ2) is 43.0. The molecule has 0 bridgehead atoms. The number of anilines is 4. The van der Waals surface area contributed by atoms with Gasteiger partial charge in [0, 0.05) is 212 Å². The number of aliphatic hydroxyl groups is 1. The third-order valence-electron chi connectivity index (χ3n) is 25.1. The van der Waals surface area contributed by atoms with Crippen molar-refractivity contribution in [3.63, 3.8) is 0 Å². The molecule has 141 heavy (non-hydrogen) atoms. The van der Waals surface area contributed by atoms with E-state index >= 15 is 0 Å². The molecule has 15 N–H and O–H groups in total. The number of nitrogen functional groups attached to an aromatic ring is 4. The lowest BCUT2D eigenvalue weighted by Crippen LogP contribution is -2.48. The maximum Gasteiger partial charge on any atom is 0.412 e. The number of piperidine rings is 4. The number of hydrogen-bond acceptors (Lipinski definition) is 29. The van der Waals surface area contributed by atoms with E-state index in [4.69, 9.17) is 53.7 Å². The SMILES string of the molecule is C.CNC(=O)N1CCC(c2nc3c(-c4ccc(-c5ccccc5)nc4)cnn3c(N)c2Br)CC1.Nc1c(Br)c(C2CCN(C(=O)C(N)CO)CC2)nc2c(-c3ccc(-c4cccnc4)nc3)cnn12.Nc1c(Br)c(C2CCN(C(=O)NC(=O)O)CC2)nc2c(-c3ccc(-c4cccnc4)nc3)cnn12.Nc1c(Br)c(C2CCN(S(=O)(=O)c3ncn[nH]3)CC2)nc2c(-c3ccc(-c4cccnc4)nc3)cnn12. The number of pyridine rings is 7. The Morgan fingerprint density at radius 2 is 0.738 bits per heavy atom.